The molecule has 0 aliphatic rings. The minimum atomic E-state index is 0.123. The first kappa shape index (κ1) is 16.7. The van der Waals surface area contributed by atoms with Gasteiger partial charge >= 0.3 is 0 Å². The highest BCUT2D eigenvalue weighted by Crippen LogP contribution is 2.32. The first-order valence-electron chi connectivity index (χ1n) is 7.72. The Morgan fingerprint density at radius 2 is 1.96 bits per heavy atom. The first-order chi connectivity index (χ1) is 11.7. The Hall–Kier alpha value is -2.15. The molecular formula is C17H19ClN4O2. The number of fused-ring (bicyclic) bond motifs is 2. The van der Waals surface area contributed by atoms with Crippen molar-refractivity contribution < 1.29 is 9.84 Å². The van der Waals surface area contributed by atoms with Gasteiger partial charge in [-0.2, -0.15) is 0 Å². The number of aliphatic hydroxyl groups excluding tert-OH is 1. The number of ether oxygens (including phenoxy) is 1. The second-order valence-electron chi connectivity index (χ2n) is 5.27. The van der Waals surface area contributed by atoms with E-state index in [0.29, 0.717) is 18.2 Å². The standard InChI is InChI=1S/C17H19ClN4O2/c1-24-11-2-3-12-14(10-11)21-13-4-5-15(18)22-17(13)16(12)20-7-6-19-8-9-23/h2-5,10,19,23H,6-9H2,1H3,(H,20,21). The van der Waals surface area contributed by atoms with Gasteiger partial charge in [-0.1, -0.05) is 11.6 Å². The summed E-state index contributed by atoms with van der Waals surface area (Å²) in [5, 5.41) is 16.7. The molecule has 24 heavy (non-hydrogen) atoms. The molecule has 0 saturated heterocycles. The van der Waals surface area contributed by atoms with Crippen molar-refractivity contribution in [3.63, 3.8) is 0 Å². The van der Waals surface area contributed by atoms with Crippen molar-refractivity contribution >= 4 is 39.2 Å². The first-order valence-corrected chi connectivity index (χ1v) is 8.10. The van der Waals surface area contributed by atoms with E-state index >= 15 is 0 Å². The van der Waals surface area contributed by atoms with E-state index in [1.165, 1.54) is 0 Å². The van der Waals surface area contributed by atoms with E-state index < -0.39 is 0 Å². The van der Waals surface area contributed by atoms with Gasteiger partial charge in [-0.25, -0.2) is 9.97 Å². The Kier molecular flexibility index (Phi) is 5.30. The third-order valence-electron chi connectivity index (χ3n) is 3.68. The summed E-state index contributed by atoms with van der Waals surface area (Å²) in [6.45, 7) is 2.11. The molecule has 0 aliphatic carbocycles. The van der Waals surface area contributed by atoms with Crippen LogP contribution in [0.2, 0.25) is 5.15 Å². The number of hydrogen-bond donors (Lipinski definition) is 3. The number of methoxy groups -OCH3 is 1. The molecule has 7 heteroatoms. The number of nitrogens with zero attached hydrogens (tertiary/aromatic N) is 2. The van der Waals surface area contributed by atoms with E-state index in [9.17, 15) is 0 Å². The van der Waals surface area contributed by atoms with Crippen molar-refractivity contribution in [3.8, 4) is 5.75 Å². The van der Waals surface area contributed by atoms with Gasteiger partial charge in [-0.3, -0.25) is 0 Å². The highest BCUT2D eigenvalue weighted by Gasteiger charge is 2.11. The lowest BCUT2D eigenvalue weighted by atomic mass is 10.1. The molecule has 0 spiro atoms. The number of halogens is 1. The number of benzene rings is 1. The Labute approximate surface area is 144 Å². The molecule has 3 aromatic rings. The van der Waals surface area contributed by atoms with Gasteiger partial charge in [-0.15, -0.1) is 0 Å². The molecule has 0 bridgehead atoms. The molecular weight excluding hydrogens is 328 g/mol. The molecule has 6 nitrogen and oxygen atoms in total. The lowest BCUT2D eigenvalue weighted by Crippen LogP contribution is -2.25. The third-order valence-corrected chi connectivity index (χ3v) is 3.89. The van der Waals surface area contributed by atoms with E-state index in [0.717, 1.165) is 39.9 Å². The SMILES string of the molecule is COc1ccc2c(NCCNCCO)c3nc(Cl)ccc3nc2c1. The van der Waals surface area contributed by atoms with Crippen LogP contribution < -0.4 is 15.4 Å². The summed E-state index contributed by atoms with van der Waals surface area (Å²) in [6, 6.07) is 9.36. The zero-order valence-corrected chi connectivity index (χ0v) is 14.1. The molecule has 2 aromatic heterocycles. The fourth-order valence-corrected chi connectivity index (χ4v) is 2.71. The quantitative estimate of drug-likeness (QED) is 0.346. The second kappa shape index (κ2) is 7.61. The number of rotatable bonds is 7. The van der Waals surface area contributed by atoms with Gasteiger partial charge in [0.2, 0.25) is 0 Å². The summed E-state index contributed by atoms with van der Waals surface area (Å²) in [6.07, 6.45) is 0. The smallest absolute Gasteiger partial charge is 0.130 e. The number of anilines is 1. The molecule has 3 rings (SSSR count). The Balaban J connectivity index is 2.04. The average molecular weight is 347 g/mol. The van der Waals surface area contributed by atoms with Crippen molar-refractivity contribution in [3.05, 3.63) is 35.5 Å². The summed E-state index contributed by atoms with van der Waals surface area (Å²) in [4.78, 5) is 9.09. The lowest BCUT2D eigenvalue weighted by Gasteiger charge is -2.13. The largest absolute Gasteiger partial charge is 0.497 e. The van der Waals surface area contributed by atoms with Crippen LogP contribution in [-0.4, -0.2) is 48.4 Å². The fraction of sp³-hybridized carbons (Fsp3) is 0.294. The fourth-order valence-electron chi connectivity index (χ4n) is 2.56. The molecule has 0 fully saturated rings. The minimum absolute atomic E-state index is 0.123. The second-order valence-corrected chi connectivity index (χ2v) is 5.66. The van der Waals surface area contributed by atoms with E-state index in [2.05, 4.69) is 20.6 Å². The lowest BCUT2D eigenvalue weighted by molar-refractivity contribution is 0.293. The van der Waals surface area contributed by atoms with Crippen LogP contribution in [0.25, 0.3) is 21.9 Å². The van der Waals surface area contributed by atoms with Crippen molar-refractivity contribution in [1.29, 1.82) is 0 Å². The molecule has 0 aliphatic heterocycles. The molecule has 2 heterocycles. The van der Waals surface area contributed by atoms with Crippen molar-refractivity contribution in [2.75, 3.05) is 38.7 Å². The van der Waals surface area contributed by atoms with Crippen molar-refractivity contribution in [2.45, 2.75) is 0 Å². The highest BCUT2D eigenvalue weighted by molar-refractivity contribution is 6.30. The number of pyridine rings is 2. The third kappa shape index (κ3) is 3.51. The summed E-state index contributed by atoms with van der Waals surface area (Å²) in [5.41, 5.74) is 3.23. The van der Waals surface area contributed by atoms with Crippen LogP contribution in [0.4, 0.5) is 5.69 Å². The molecule has 0 unspecified atom stereocenters. The Bertz CT molecular complexity index is 857. The Morgan fingerprint density at radius 3 is 2.75 bits per heavy atom. The molecule has 0 atom stereocenters. The van der Waals surface area contributed by atoms with Crippen LogP contribution in [0.5, 0.6) is 5.75 Å². The molecule has 126 valence electrons. The van der Waals surface area contributed by atoms with E-state index in [4.69, 9.17) is 21.4 Å². The number of aromatic nitrogens is 2. The van der Waals surface area contributed by atoms with Crippen molar-refractivity contribution in [2.24, 2.45) is 0 Å². The summed E-state index contributed by atoms with van der Waals surface area (Å²) < 4.78 is 5.29. The minimum Gasteiger partial charge on any atom is -0.497 e. The summed E-state index contributed by atoms with van der Waals surface area (Å²) in [7, 11) is 1.63. The van der Waals surface area contributed by atoms with Gasteiger partial charge in [-0.05, 0) is 24.3 Å². The van der Waals surface area contributed by atoms with Crippen LogP contribution in [0, 0.1) is 0 Å². The van der Waals surface area contributed by atoms with Crippen LogP contribution in [-0.2, 0) is 0 Å². The molecule has 0 radical (unpaired) electrons. The number of nitrogens with one attached hydrogen (secondary N) is 2. The van der Waals surface area contributed by atoms with Gasteiger partial charge < -0.3 is 20.5 Å². The zero-order valence-electron chi connectivity index (χ0n) is 13.3. The predicted molar refractivity (Wildman–Crippen MR) is 97.1 cm³/mol. The molecule has 1 aromatic carbocycles. The van der Waals surface area contributed by atoms with Crippen molar-refractivity contribution in [1.82, 2.24) is 15.3 Å². The topological polar surface area (TPSA) is 79.3 Å². The highest BCUT2D eigenvalue weighted by atomic mass is 35.5. The number of aliphatic hydroxyl groups is 1. The monoisotopic (exact) mass is 346 g/mol. The summed E-state index contributed by atoms with van der Waals surface area (Å²) >= 11 is 6.07. The van der Waals surface area contributed by atoms with E-state index in [1.807, 2.05) is 24.3 Å². The van der Waals surface area contributed by atoms with Gasteiger partial charge in [0, 0.05) is 31.1 Å². The van der Waals surface area contributed by atoms with Gasteiger partial charge in [0.1, 0.15) is 16.4 Å². The van der Waals surface area contributed by atoms with Crippen LogP contribution in [0.15, 0.2) is 30.3 Å². The summed E-state index contributed by atoms with van der Waals surface area (Å²) in [5.74, 6) is 0.756. The molecule has 0 amide bonds. The van der Waals surface area contributed by atoms with Gasteiger partial charge in [0.15, 0.2) is 0 Å². The van der Waals surface area contributed by atoms with Gasteiger partial charge in [0.25, 0.3) is 0 Å². The van der Waals surface area contributed by atoms with Crippen LogP contribution >= 0.6 is 11.6 Å². The maximum Gasteiger partial charge on any atom is 0.130 e. The van der Waals surface area contributed by atoms with Gasteiger partial charge in [0.05, 0.1) is 30.4 Å². The zero-order chi connectivity index (χ0) is 16.9. The Morgan fingerprint density at radius 1 is 1.08 bits per heavy atom. The van der Waals surface area contributed by atoms with Crippen LogP contribution in [0.3, 0.4) is 0 Å². The molecule has 3 N–H and O–H groups in total. The molecule has 0 saturated carbocycles. The average Bonchev–Trinajstić information content (AvgIpc) is 2.60. The number of hydrogen-bond acceptors (Lipinski definition) is 6. The maximum absolute atomic E-state index is 8.82. The van der Waals surface area contributed by atoms with Crippen LogP contribution in [0.1, 0.15) is 0 Å². The van der Waals surface area contributed by atoms with E-state index in [1.54, 1.807) is 13.2 Å². The normalized spacial score (nSPS) is 11.1. The predicted octanol–water partition coefficient (Wildman–Crippen LogP) is 2.44. The maximum atomic E-state index is 8.82. The van der Waals surface area contributed by atoms with E-state index in [-0.39, 0.29) is 6.61 Å².